The lowest BCUT2D eigenvalue weighted by Crippen LogP contribution is -2.44. The molecule has 1 fully saturated rings. The first kappa shape index (κ1) is 15.0. The van der Waals surface area contributed by atoms with Crippen molar-refractivity contribution in [2.45, 2.75) is 58.0 Å². The number of amides is 1. The predicted octanol–water partition coefficient (Wildman–Crippen LogP) is 2.66. The maximum absolute atomic E-state index is 12.5. The molecule has 0 unspecified atom stereocenters. The lowest BCUT2D eigenvalue weighted by molar-refractivity contribution is -0.133. The predicted molar refractivity (Wildman–Crippen MR) is 82.5 cm³/mol. The Hall–Kier alpha value is -1.35. The molecule has 1 aromatic rings. The van der Waals surface area contributed by atoms with Gasteiger partial charge in [-0.1, -0.05) is 29.8 Å². The molecule has 2 rings (SSSR count). The number of benzene rings is 1. The number of hydrogen-bond donors (Lipinski definition) is 1. The molecule has 110 valence electrons. The third kappa shape index (κ3) is 3.83. The van der Waals surface area contributed by atoms with E-state index in [1.165, 1.54) is 5.56 Å². The molecule has 2 N–H and O–H groups in total. The molecule has 0 radical (unpaired) electrons. The molecule has 1 aromatic carbocycles. The molecular weight excluding hydrogens is 248 g/mol. The minimum Gasteiger partial charge on any atom is -0.340 e. The summed E-state index contributed by atoms with van der Waals surface area (Å²) in [6.07, 6.45) is 4.69. The zero-order valence-corrected chi connectivity index (χ0v) is 12.6. The van der Waals surface area contributed by atoms with Gasteiger partial charge in [0.25, 0.3) is 0 Å². The first-order valence-electron chi connectivity index (χ1n) is 7.70. The van der Waals surface area contributed by atoms with Crippen molar-refractivity contribution in [2.75, 3.05) is 6.54 Å². The zero-order valence-electron chi connectivity index (χ0n) is 12.6. The summed E-state index contributed by atoms with van der Waals surface area (Å²) in [5.74, 6) is 0.247. The normalized spacial score (nSPS) is 22.6. The smallest absolute Gasteiger partial charge is 0.227 e. The minimum atomic E-state index is 0.247. The number of carbonyl (C=O) groups excluding carboxylic acids is 1. The van der Waals surface area contributed by atoms with E-state index in [2.05, 4.69) is 38.1 Å². The molecular formula is C17H26N2O. The van der Waals surface area contributed by atoms with Crippen LogP contribution in [0.4, 0.5) is 0 Å². The molecule has 0 aromatic heterocycles. The zero-order chi connectivity index (χ0) is 14.5. The van der Waals surface area contributed by atoms with E-state index in [0.717, 1.165) is 37.8 Å². The molecule has 20 heavy (non-hydrogen) atoms. The first-order chi connectivity index (χ1) is 9.60. The third-order valence-electron chi connectivity index (χ3n) is 4.32. The lowest BCUT2D eigenvalue weighted by atomic mass is 9.90. The van der Waals surface area contributed by atoms with Gasteiger partial charge in [-0.05, 0) is 45.1 Å². The van der Waals surface area contributed by atoms with Crippen molar-refractivity contribution in [3.8, 4) is 0 Å². The summed E-state index contributed by atoms with van der Waals surface area (Å²) >= 11 is 0. The molecule has 0 aliphatic heterocycles. The summed E-state index contributed by atoms with van der Waals surface area (Å²) in [6.45, 7) is 4.93. The van der Waals surface area contributed by atoms with Crippen LogP contribution in [0.25, 0.3) is 0 Å². The number of nitrogens with two attached hydrogens (primary N) is 1. The van der Waals surface area contributed by atoms with Gasteiger partial charge in [-0.3, -0.25) is 4.79 Å². The fraction of sp³-hybridized carbons (Fsp3) is 0.588. The molecule has 3 heteroatoms. The lowest BCUT2D eigenvalue weighted by Gasteiger charge is -2.35. The monoisotopic (exact) mass is 274 g/mol. The van der Waals surface area contributed by atoms with Crippen molar-refractivity contribution in [3.63, 3.8) is 0 Å². The molecule has 1 aliphatic carbocycles. The Morgan fingerprint density at radius 2 is 1.80 bits per heavy atom. The maximum Gasteiger partial charge on any atom is 0.227 e. The summed E-state index contributed by atoms with van der Waals surface area (Å²) in [6, 6.07) is 8.96. The number of likely N-dealkylation sites (N-methyl/N-ethyl adjacent to an activating group) is 1. The SMILES string of the molecule is CCN(C(=O)Cc1ccc(C)cc1)C1CCC(N)CC1. The average Bonchev–Trinajstić information content (AvgIpc) is 2.44. The van der Waals surface area contributed by atoms with E-state index in [1.807, 2.05) is 4.90 Å². The van der Waals surface area contributed by atoms with Gasteiger partial charge >= 0.3 is 0 Å². The van der Waals surface area contributed by atoms with E-state index in [1.54, 1.807) is 0 Å². The van der Waals surface area contributed by atoms with Crippen LogP contribution in [0.15, 0.2) is 24.3 Å². The van der Waals surface area contributed by atoms with Crippen LogP contribution in [0.3, 0.4) is 0 Å². The van der Waals surface area contributed by atoms with Crippen LogP contribution in [0.2, 0.25) is 0 Å². The van der Waals surface area contributed by atoms with Crippen LogP contribution in [0, 0.1) is 6.92 Å². The van der Waals surface area contributed by atoms with Crippen LogP contribution in [0.1, 0.15) is 43.7 Å². The fourth-order valence-corrected chi connectivity index (χ4v) is 3.03. The first-order valence-corrected chi connectivity index (χ1v) is 7.70. The van der Waals surface area contributed by atoms with Gasteiger partial charge in [-0.2, -0.15) is 0 Å². The molecule has 3 nitrogen and oxygen atoms in total. The number of carbonyl (C=O) groups is 1. The largest absolute Gasteiger partial charge is 0.340 e. The van der Waals surface area contributed by atoms with Gasteiger partial charge in [-0.25, -0.2) is 0 Å². The van der Waals surface area contributed by atoms with Crippen LogP contribution < -0.4 is 5.73 Å². The van der Waals surface area contributed by atoms with Crippen LogP contribution in [-0.4, -0.2) is 29.4 Å². The molecule has 0 atom stereocenters. The average molecular weight is 274 g/mol. The topological polar surface area (TPSA) is 46.3 Å². The Morgan fingerprint density at radius 3 is 2.35 bits per heavy atom. The number of nitrogens with zero attached hydrogens (tertiary/aromatic N) is 1. The fourth-order valence-electron chi connectivity index (χ4n) is 3.03. The Bertz CT molecular complexity index is 433. The molecule has 1 aliphatic rings. The van der Waals surface area contributed by atoms with E-state index < -0.39 is 0 Å². The molecule has 1 amide bonds. The Morgan fingerprint density at radius 1 is 1.20 bits per heavy atom. The van der Waals surface area contributed by atoms with E-state index in [-0.39, 0.29) is 5.91 Å². The second-order valence-corrected chi connectivity index (χ2v) is 5.91. The van der Waals surface area contributed by atoms with Crippen molar-refractivity contribution < 1.29 is 4.79 Å². The highest BCUT2D eigenvalue weighted by molar-refractivity contribution is 5.79. The summed E-state index contributed by atoms with van der Waals surface area (Å²) in [4.78, 5) is 14.6. The third-order valence-corrected chi connectivity index (χ3v) is 4.32. The summed E-state index contributed by atoms with van der Waals surface area (Å²) in [5, 5.41) is 0. The minimum absolute atomic E-state index is 0.247. The van der Waals surface area contributed by atoms with Gasteiger partial charge in [-0.15, -0.1) is 0 Å². The van der Waals surface area contributed by atoms with Gasteiger partial charge in [0.1, 0.15) is 0 Å². The van der Waals surface area contributed by atoms with Gasteiger partial charge in [0, 0.05) is 18.6 Å². The van der Waals surface area contributed by atoms with E-state index >= 15 is 0 Å². The quantitative estimate of drug-likeness (QED) is 0.917. The molecule has 0 bridgehead atoms. The van der Waals surface area contributed by atoms with Gasteiger partial charge < -0.3 is 10.6 Å². The highest BCUT2D eigenvalue weighted by atomic mass is 16.2. The highest BCUT2D eigenvalue weighted by Gasteiger charge is 2.26. The second-order valence-electron chi connectivity index (χ2n) is 5.91. The Kier molecular flexibility index (Phi) is 5.18. The maximum atomic E-state index is 12.5. The molecule has 0 saturated heterocycles. The number of aryl methyl sites for hydroxylation is 1. The number of rotatable bonds is 4. The standard InChI is InChI=1S/C17H26N2O/c1-3-19(16-10-8-15(18)9-11-16)17(20)12-14-6-4-13(2)5-7-14/h4-7,15-16H,3,8-12,18H2,1-2H3. The summed E-state index contributed by atoms with van der Waals surface area (Å²) < 4.78 is 0. The second kappa shape index (κ2) is 6.89. The van der Waals surface area contributed by atoms with Crippen molar-refractivity contribution in [1.82, 2.24) is 4.90 Å². The Labute approximate surface area is 122 Å². The molecule has 0 heterocycles. The molecule has 1 saturated carbocycles. The van der Waals surface area contributed by atoms with Gasteiger partial charge in [0.05, 0.1) is 6.42 Å². The Balaban J connectivity index is 1.96. The summed E-state index contributed by atoms with van der Waals surface area (Å²) in [5.41, 5.74) is 8.28. The summed E-state index contributed by atoms with van der Waals surface area (Å²) in [7, 11) is 0. The highest BCUT2D eigenvalue weighted by Crippen LogP contribution is 2.22. The van der Waals surface area contributed by atoms with E-state index in [9.17, 15) is 4.79 Å². The van der Waals surface area contributed by atoms with E-state index in [0.29, 0.717) is 18.5 Å². The van der Waals surface area contributed by atoms with Gasteiger partial charge in [0.2, 0.25) is 5.91 Å². The van der Waals surface area contributed by atoms with Crippen molar-refractivity contribution in [1.29, 1.82) is 0 Å². The van der Waals surface area contributed by atoms with Crippen molar-refractivity contribution in [2.24, 2.45) is 5.73 Å². The molecule has 0 spiro atoms. The van der Waals surface area contributed by atoms with Crippen LogP contribution in [-0.2, 0) is 11.2 Å². The number of hydrogen-bond acceptors (Lipinski definition) is 2. The van der Waals surface area contributed by atoms with Crippen LogP contribution in [0.5, 0.6) is 0 Å². The van der Waals surface area contributed by atoms with Crippen molar-refractivity contribution >= 4 is 5.91 Å². The van der Waals surface area contributed by atoms with E-state index in [4.69, 9.17) is 5.73 Å². The van der Waals surface area contributed by atoms with Crippen molar-refractivity contribution in [3.05, 3.63) is 35.4 Å². The van der Waals surface area contributed by atoms with Crippen LogP contribution >= 0.6 is 0 Å². The van der Waals surface area contributed by atoms with Gasteiger partial charge in [0.15, 0.2) is 0 Å².